The Labute approximate surface area is 196 Å². The van der Waals surface area contributed by atoms with Crippen LogP contribution in [0.2, 0.25) is 0 Å². The number of nitrogens with zero attached hydrogens (tertiary/aromatic N) is 1. The molecule has 0 spiro atoms. The lowest BCUT2D eigenvalue weighted by Gasteiger charge is -2.25. The summed E-state index contributed by atoms with van der Waals surface area (Å²) in [6.45, 7) is 3.28. The molecule has 1 saturated heterocycles. The first-order valence-electron chi connectivity index (χ1n) is 10.1. The highest BCUT2D eigenvalue weighted by Gasteiger charge is 2.50. The van der Waals surface area contributed by atoms with Crippen LogP contribution in [0.15, 0.2) is 48.0 Å². The van der Waals surface area contributed by atoms with Gasteiger partial charge in [-0.3, -0.25) is 14.9 Å². The Kier molecular flexibility index (Phi) is 5.90. The Morgan fingerprint density at radius 2 is 1.82 bits per heavy atom. The Morgan fingerprint density at radius 1 is 1.12 bits per heavy atom. The molecule has 1 atom stereocenters. The van der Waals surface area contributed by atoms with Crippen molar-refractivity contribution in [1.82, 2.24) is 20.9 Å². The number of carbonyl (C=O) groups is 3. The van der Waals surface area contributed by atoms with E-state index in [-0.39, 0.29) is 12.1 Å². The molecule has 3 aromatic rings. The van der Waals surface area contributed by atoms with Crippen LogP contribution in [-0.2, 0) is 16.5 Å². The quantitative estimate of drug-likeness (QED) is 0.474. The molecule has 0 bridgehead atoms. The van der Waals surface area contributed by atoms with E-state index >= 15 is 0 Å². The number of hydrogen-bond acceptors (Lipinski definition) is 5. The summed E-state index contributed by atoms with van der Waals surface area (Å²) in [4.78, 5) is 42.7. The van der Waals surface area contributed by atoms with E-state index in [1.807, 2.05) is 0 Å². The first-order valence-corrected chi connectivity index (χ1v) is 11.0. The normalized spacial score (nSPS) is 17.9. The SMILES string of the molecule is Cc1ccc(C(=O)NCC2(c3ncsc3C)NC(=O)NC2=O)c(-c2ccc(C(F)(F)F)cc2)c1. The number of carbonyl (C=O) groups excluding carboxylic acids is 3. The minimum Gasteiger partial charge on any atom is -0.349 e. The molecule has 0 saturated carbocycles. The van der Waals surface area contributed by atoms with Gasteiger partial charge in [0.15, 0.2) is 5.54 Å². The molecule has 1 aliphatic heterocycles. The molecule has 1 aliphatic rings. The number of urea groups is 1. The molecule has 0 radical (unpaired) electrons. The van der Waals surface area contributed by atoms with Gasteiger partial charge in [0.25, 0.3) is 11.8 Å². The zero-order valence-corrected chi connectivity index (χ0v) is 18.9. The summed E-state index contributed by atoms with van der Waals surface area (Å²) in [7, 11) is 0. The fraction of sp³-hybridized carbons (Fsp3) is 0.217. The third kappa shape index (κ3) is 4.26. The fourth-order valence-corrected chi connectivity index (χ4v) is 4.48. The van der Waals surface area contributed by atoms with Gasteiger partial charge in [-0.25, -0.2) is 9.78 Å². The van der Waals surface area contributed by atoms with E-state index in [4.69, 9.17) is 0 Å². The first-order chi connectivity index (χ1) is 16.0. The highest BCUT2D eigenvalue weighted by atomic mass is 32.1. The first kappa shape index (κ1) is 23.4. The number of imide groups is 1. The Balaban J connectivity index is 1.65. The molecule has 0 aliphatic carbocycles. The Hall–Kier alpha value is -3.73. The third-order valence-corrected chi connectivity index (χ3v) is 6.31. The molecule has 176 valence electrons. The molecular formula is C23H19F3N4O3S. The van der Waals surface area contributed by atoms with Gasteiger partial charge in [-0.1, -0.05) is 29.8 Å². The lowest BCUT2D eigenvalue weighted by Crippen LogP contribution is -2.53. The molecule has 1 fully saturated rings. The molecule has 4 rings (SSSR count). The van der Waals surface area contributed by atoms with Gasteiger partial charge in [-0.05, 0) is 43.2 Å². The molecule has 2 heterocycles. The van der Waals surface area contributed by atoms with Crippen LogP contribution in [-0.4, -0.2) is 29.4 Å². The molecule has 11 heteroatoms. The average molecular weight is 488 g/mol. The standard InChI is InChI=1S/C23H19F3N4O3S/c1-12-3-8-16(17(9-12)14-4-6-15(7-5-14)23(24,25)26)19(31)27-10-22(18-13(2)34-11-28-18)20(32)29-21(33)30-22/h3-9,11H,10H2,1-2H3,(H,27,31)(H2,29,30,32,33). The van der Waals surface area contributed by atoms with Crippen molar-refractivity contribution >= 4 is 29.2 Å². The van der Waals surface area contributed by atoms with Crippen LogP contribution in [0.3, 0.4) is 0 Å². The number of benzene rings is 2. The van der Waals surface area contributed by atoms with E-state index in [1.54, 1.807) is 32.0 Å². The van der Waals surface area contributed by atoms with E-state index < -0.39 is 35.1 Å². The number of rotatable bonds is 5. The summed E-state index contributed by atoms with van der Waals surface area (Å²) in [5, 5.41) is 7.43. The van der Waals surface area contributed by atoms with E-state index in [1.165, 1.54) is 29.0 Å². The second-order valence-electron chi connectivity index (χ2n) is 7.88. The van der Waals surface area contributed by atoms with Gasteiger partial charge in [0, 0.05) is 10.4 Å². The zero-order chi connectivity index (χ0) is 24.7. The summed E-state index contributed by atoms with van der Waals surface area (Å²) < 4.78 is 38.9. The van der Waals surface area contributed by atoms with E-state index in [2.05, 4.69) is 20.9 Å². The lowest BCUT2D eigenvalue weighted by atomic mass is 9.93. The minimum absolute atomic E-state index is 0.209. The van der Waals surface area contributed by atoms with Crippen molar-refractivity contribution in [3.05, 3.63) is 75.2 Å². The van der Waals surface area contributed by atoms with E-state index in [9.17, 15) is 27.6 Å². The average Bonchev–Trinajstić information content (AvgIpc) is 3.33. The van der Waals surface area contributed by atoms with Crippen molar-refractivity contribution in [2.45, 2.75) is 25.6 Å². The molecular weight excluding hydrogens is 469 g/mol. The minimum atomic E-state index is -4.47. The summed E-state index contributed by atoms with van der Waals surface area (Å²) in [5.74, 6) is -1.20. The predicted molar refractivity (Wildman–Crippen MR) is 119 cm³/mol. The summed E-state index contributed by atoms with van der Waals surface area (Å²) in [5.41, 5.74) is 1.38. The van der Waals surface area contributed by atoms with Crippen molar-refractivity contribution in [3.63, 3.8) is 0 Å². The van der Waals surface area contributed by atoms with Gasteiger partial charge in [-0.2, -0.15) is 13.2 Å². The van der Waals surface area contributed by atoms with Crippen LogP contribution in [0.1, 0.15) is 32.1 Å². The van der Waals surface area contributed by atoms with Crippen LogP contribution in [0.4, 0.5) is 18.0 Å². The lowest BCUT2D eigenvalue weighted by molar-refractivity contribution is -0.137. The van der Waals surface area contributed by atoms with Gasteiger partial charge < -0.3 is 10.6 Å². The summed E-state index contributed by atoms with van der Waals surface area (Å²) in [6, 6.07) is 8.78. The van der Waals surface area contributed by atoms with Crippen LogP contribution < -0.4 is 16.0 Å². The number of amides is 4. The fourth-order valence-electron chi connectivity index (χ4n) is 3.82. The third-order valence-electron chi connectivity index (χ3n) is 5.55. The largest absolute Gasteiger partial charge is 0.416 e. The van der Waals surface area contributed by atoms with Gasteiger partial charge in [0.2, 0.25) is 0 Å². The van der Waals surface area contributed by atoms with Gasteiger partial charge >= 0.3 is 12.2 Å². The van der Waals surface area contributed by atoms with Crippen molar-refractivity contribution in [3.8, 4) is 11.1 Å². The van der Waals surface area contributed by atoms with Crippen molar-refractivity contribution in [1.29, 1.82) is 0 Å². The van der Waals surface area contributed by atoms with Gasteiger partial charge in [0.1, 0.15) is 0 Å². The topological polar surface area (TPSA) is 100 Å². The van der Waals surface area contributed by atoms with Gasteiger partial charge in [0.05, 0.1) is 23.3 Å². The summed E-state index contributed by atoms with van der Waals surface area (Å²) >= 11 is 1.29. The molecule has 2 aromatic carbocycles. The number of alkyl halides is 3. The Morgan fingerprint density at radius 3 is 2.38 bits per heavy atom. The van der Waals surface area contributed by atoms with Gasteiger partial charge in [-0.15, -0.1) is 11.3 Å². The Bertz CT molecular complexity index is 1290. The van der Waals surface area contributed by atoms with Crippen molar-refractivity contribution in [2.24, 2.45) is 0 Å². The van der Waals surface area contributed by atoms with Crippen molar-refractivity contribution in [2.75, 3.05) is 6.54 Å². The number of nitrogens with one attached hydrogen (secondary N) is 3. The monoisotopic (exact) mass is 488 g/mol. The maximum absolute atomic E-state index is 13.2. The molecule has 34 heavy (non-hydrogen) atoms. The smallest absolute Gasteiger partial charge is 0.349 e. The number of aryl methyl sites for hydroxylation is 2. The second-order valence-corrected chi connectivity index (χ2v) is 8.94. The van der Waals surface area contributed by atoms with E-state index in [0.717, 1.165) is 17.7 Å². The molecule has 3 N–H and O–H groups in total. The number of halogens is 3. The van der Waals surface area contributed by atoms with Crippen LogP contribution >= 0.6 is 11.3 Å². The van der Waals surface area contributed by atoms with Crippen LogP contribution in [0.5, 0.6) is 0 Å². The predicted octanol–water partition coefficient (Wildman–Crippen LogP) is 3.91. The number of aromatic nitrogens is 1. The molecule has 4 amide bonds. The number of hydrogen-bond donors (Lipinski definition) is 3. The highest BCUT2D eigenvalue weighted by Crippen LogP contribution is 2.33. The van der Waals surface area contributed by atoms with Crippen LogP contribution in [0, 0.1) is 13.8 Å². The van der Waals surface area contributed by atoms with Crippen LogP contribution in [0.25, 0.3) is 11.1 Å². The molecule has 1 unspecified atom stereocenters. The van der Waals surface area contributed by atoms with Crippen molar-refractivity contribution < 1.29 is 27.6 Å². The summed E-state index contributed by atoms with van der Waals surface area (Å²) in [6.07, 6.45) is -4.47. The maximum Gasteiger partial charge on any atom is 0.416 e. The highest BCUT2D eigenvalue weighted by molar-refractivity contribution is 7.09. The van der Waals surface area contributed by atoms with E-state index in [0.29, 0.717) is 21.7 Å². The zero-order valence-electron chi connectivity index (χ0n) is 18.0. The maximum atomic E-state index is 13.2. The molecule has 7 nitrogen and oxygen atoms in total. The molecule has 1 aromatic heterocycles. The second kappa shape index (κ2) is 8.56. The number of thiazole rings is 1.